The molecule has 1 N–H and O–H groups in total. The summed E-state index contributed by atoms with van der Waals surface area (Å²) < 4.78 is 10.7. The van der Waals surface area contributed by atoms with E-state index in [9.17, 15) is 9.59 Å². The summed E-state index contributed by atoms with van der Waals surface area (Å²) in [5.74, 6) is 0.946. The Kier molecular flexibility index (Phi) is 6.26. The molecule has 0 aliphatic rings. The molecule has 0 aliphatic carbocycles. The van der Waals surface area contributed by atoms with E-state index in [1.807, 2.05) is 32.0 Å². The fourth-order valence-corrected chi connectivity index (χ4v) is 2.62. The molecule has 28 heavy (non-hydrogen) atoms. The molecule has 0 radical (unpaired) electrons. The van der Waals surface area contributed by atoms with Crippen molar-refractivity contribution < 1.29 is 18.5 Å². The summed E-state index contributed by atoms with van der Waals surface area (Å²) in [5.41, 5.74) is 0.754. The van der Waals surface area contributed by atoms with Crippen molar-refractivity contribution in [2.45, 2.75) is 26.9 Å². The molecule has 0 aliphatic heterocycles. The van der Waals surface area contributed by atoms with Crippen LogP contribution >= 0.6 is 0 Å². The Morgan fingerprint density at radius 3 is 2.50 bits per heavy atom. The SMILES string of the molecule is CC(C)CNC(=O)c1cc(CN(Cc2ccco2)C(=O)c2ccccc2)on1. The summed E-state index contributed by atoms with van der Waals surface area (Å²) in [6.45, 7) is 5.01. The molecular formula is C21H23N3O4. The average Bonchev–Trinajstić information content (AvgIpc) is 3.38. The summed E-state index contributed by atoms with van der Waals surface area (Å²) in [6.07, 6.45) is 1.56. The van der Waals surface area contributed by atoms with Crippen molar-refractivity contribution in [3.05, 3.63) is 77.6 Å². The number of hydrogen-bond donors (Lipinski definition) is 1. The van der Waals surface area contributed by atoms with E-state index in [1.165, 1.54) is 0 Å². The normalized spacial score (nSPS) is 10.8. The molecule has 7 nitrogen and oxygen atoms in total. The Balaban J connectivity index is 1.74. The van der Waals surface area contributed by atoms with E-state index in [0.29, 0.717) is 29.5 Å². The Morgan fingerprint density at radius 2 is 1.82 bits per heavy atom. The van der Waals surface area contributed by atoms with Crippen molar-refractivity contribution in [3.8, 4) is 0 Å². The Bertz CT molecular complexity index is 901. The van der Waals surface area contributed by atoms with Crippen molar-refractivity contribution in [1.29, 1.82) is 0 Å². The molecule has 2 aromatic heterocycles. The third-order valence-electron chi connectivity index (χ3n) is 4.04. The maximum atomic E-state index is 12.9. The first-order valence-electron chi connectivity index (χ1n) is 9.13. The molecule has 3 aromatic rings. The Hall–Kier alpha value is -3.35. The third-order valence-corrected chi connectivity index (χ3v) is 4.04. The van der Waals surface area contributed by atoms with E-state index in [4.69, 9.17) is 8.94 Å². The number of hydrogen-bond acceptors (Lipinski definition) is 5. The largest absolute Gasteiger partial charge is 0.467 e. The first-order chi connectivity index (χ1) is 13.5. The molecule has 0 saturated carbocycles. The summed E-state index contributed by atoms with van der Waals surface area (Å²) in [5, 5.41) is 6.62. The van der Waals surface area contributed by atoms with Crippen LogP contribution in [0, 0.1) is 5.92 Å². The number of nitrogens with one attached hydrogen (secondary N) is 1. The highest BCUT2D eigenvalue weighted by atomic mass is 16.5. The molecule has 0 atom stereocenters. The minimum Gasteiger partial charge on any atom is -0.467 e. The first kappa shape index (κ1) is 19.4. The van der Waals surface area contributed by atoms with Gasteiger partial charge in [-0.15, -0.1) is 0 Å². The fourth-order valence-electron chi connectivity index (χ4n) is 2.62. The number of amides is 2. The zero-order chi connectivity index (χ0) is 19.9. The second-order valence-corrected chi connectivity index (χ2v) is 6.89. The van der Waals surface area contributed by atoms with Gasteiger partial charge in [0.15, 0.2) is 11.5 Å². The van der Waals surface area contributed by atoms with E-state index < -0.39 is 0 Å². The smallest absolute Gasteiger partial charge is 0.273 e. The molecule has 0 bridgehead atoms. The Morgan fingerprint density at radius 1 is 1.07 bits per heavy atom. The van der Waals surface area contributed by atoms with Crippen LogP contribution in [0.15, 0.2) is 63.7 Å². The molecule has 0 saturated heterocycles. The molecule has 0 spiro atoms. The van der Waals surface area contributed by atoms with Crippen molar-refractivity contribution in [2.24, 2.45) is 5.92 Å². The van der Waals surface area contributed by atoms with Crippen LogP contribution in [0.4, 0.5) is 0 Å². The molecule has 2 heterocycles. The number of aromatic nitrogens is 1. The number of rotatable bonds is 8. The minimum atomic E-state index is -0.296. The van der Waals surface area contributed by atoms with Crippen LogP contribution in [0.25, 0.3) is 0 Å². The molecule has 2 amide bonds. The Labute approximate surface area is 163 Å². The van der Waals surface area contributed by atoms with Crippen LogP contribution in [-0.4, -0.2) is 28.4 Å². The van der Waals surface area contributed by atoms with Gasteiger partial charge in [-0.05, 0) is 30.2 Å². The van der Waals surface area contributed by atoms with E-state index in [-0.39, 0.29) is 30.6 Å². The van der Waals surface area contributed by atoms with Crippen molar-refractivity contribution >= 4 is 11.8 Å². The van der Waals surface area contributed by atoms with Crippen LogP contribution in [0.2, 0.25) is 0 Å². The molecule has 146 valence electrons. The van der Waals surface area contributed by atoms with Gasteiger partial charge in [-0.3, -0.25) is 9.59 Å². The van der Waals surface area contributed by atoms with Gasteiger partial charge in [0.2, 0.25) is 0 Å². The topological polar surface area (TPSA) is 88.6 Å². The molecular weight excluding hydrogens is 358 g/mol. The van der Waals surface area contributed by atoms with E-state index >= 15 is 0 Å². The second kappa shape index (κ2) is 9.03. The highest BCUT2D eigenvalue weighted by molar-refractivity contribution is 5.94. The highest BCUT2D eigenvalue weighted by Gasteiger charge is 2.21. The number of carbonyl (C=O) groups excluding carboxylic acids is 2. The van der Waals surface area contributed by atoms with Gasteiger partial charge in [-0.2, -0.15) is 0 Å². The third kappa shape index (κ3) is 5.09. The number of furan rings is 1. The van der Waals surface area contributed by atoms with Crippen LogP contribution in [0.1, 0.15) is 46.2 Å². The predicted molar refractivity (Wildman–Crippen MR) is 102 cm³/mol. The lowest BCUT2D eigenvalue weighted by molar-refractivity contribution is 0.0700. The standard InChI is InChI=1S/C21H23N3O4/c1-15(2)12-22-20(25)19-11-18(28-23-19)14-24(13-17-9-6-10-27-17)21(26)16-7-4-3-5-8-16/h3-11,15H,12-14H2,1-2H3,(H,22,25). The van der Waals surface area contributed by atoms with Gasteiger partial charge in [0.05, 0.1) is 19.4 Å². The molecule has 3 rings (SSSR count). The fraction of sp³-hybridized carbons (Fsp3) is 0.286. The molecule has 0 fully saturated rings. The molecule has 1 aromatic carbocycles. The first-order valence-corrected chi connectivity index (χ1v) is 9.13. The lowest BCUT2D eigenvalue weighted by atomic mass is 10.2. The highest BCUT2D eigenvalue weighted by Crippen LogP contribution is 2.15. The van der Waals surface area contributed by atoms with E-state index in [0.717, 1.165) is 0 Å². The van der Waals surface area contributed by atoms with Gasteiger partial charge in [0, 0.05) is 18.2 Å². The molecule has 7 heteroatoms. The van der Waals surface area contributed by atoms with E-state index in [2.05, 4.69) is 10.5 Å². The summed E-state index contributed by atoms with van der Waals surface area (Å²) in [4.78, 5) is 26.7. The average molecular weight is 381 g/mol. The maximum Gasteiger partial charge on any atom is 0.273 e. The monoisotopic (exact) mass is 381 g/mol. The number of benzene rings is 1. The van der Waals surface area contributed by atoms with Crippen LogP contribution in [0.5, 0.6) is 0 Å². The van der Waals surface area contributed by atoms with E-state index in [1.54, 1.807) is 41.5 Å². The van der Waals surface area contributed by atoms with Crippen molar-refractivity contribution in [1.82, 2.24) is 15.4 Å². The number of carbonyl (C=O) groups is 2. The lowest BCUT2D eigenvalue weighted by Gasteiger charge is -2.20. The number of nitrogens with zero attached hydrogens (tertiary/aromatic N) is 2. The van der Waals surface area contributed by atoms with Crippen LogP contribution < -0.4 is 5.32 Å². The second-order valence-electron chi connectivity index (χ2n) is 6.89. The lowest BCUT2D eigenvalue weighted by Crippen LogP contribution is -2.30. The van der Waals surface area contributed by atoms with Crippen molar-refractivity contribution in [2.75, 3.05) is 6.54 Å². The van der Waals surface area contributed by atoms with Gasteiger partial charge in [0.25, 0.3) is 11.8 Å². The summed E-state index contributed by atoms with van der Waals surface area (Å²) in [6, 6.07) is 14.1. The van der Waals surface area contributed by atoms with Crippen LogP contribution in [-0.2, 0) is 13.1 Å². The molecule has 0 unspecified atom stereocenters. The minimum absolute atomic E-state index is 0.166. The van der Waals surface area contributed by atoms with Crippen LogP contribution in [0.3, 0.4) is 0 Å². The van der Waals surface area contributed by atoms with Gasteiger partial charge in [0.1, 0.15) is 5.76 Å². The van der Waals surface area contributed by atoms with Gasteiger partial charge < -0.3 is 19.2 Å². The van der Waals surface area contributed by atoms with Gasteiger partial charge in [-0.25, -0.2) is 0 Å². The van der Waals surface area contributed by atoms with Crippen molar-refractivity contribution in [3.63, 3.8) is 0 Å². The zero-order valence-electron chi connectivity index (χ0n) is 15.9. The maximum absolute atomic E-state index is 12.9. The van der Waals surface area contributed by atoms with Gasteiger partial charge in [-0.1, -0.05) is 37.2 Å². The summed E-state index contributed by atoms with van der Waals surface area (Å²) >= 11 is 0. The predicted octanol–water partition coefficient (Wildman–Crippen LogP) is 3.50. The summed E-state index contributed by atoms with van der Waals surface area (Å²) in [7, 11) is 0. The quantitative estimate of drug-likeness (QED) is 0.645. The van der Waals surface area contributed by atoms with Gasteiger partial charge >= 0.3 is 0 Å². The zero-order valence-corrected chi connectivity index (χ0v) is 15.9.